The maximum atomic E-state index is 11.3. The summed E-state index contributed by atoms with van der Waals surface area (Å²) in [4.78, 5) is 13.1. The van der Waals surface area contributed by atoms with Crippen LogP contribution in [0, 0.1) is 0 Å². The summed E-state index contributed by atoms with van der Waals surface area (Å²) >= 11 is 0. The zero-order valence-electron chi connectivity index (χ0n) is 8.64. The fourth-order valence-corrected chi connectivity index (χ4v) is 1.06. The Kier molecular flexibility index (Phi) is 3.24. The molecule has 0 aromatic carbocycles. The fraction of sp³-hybridized carbons (Fsp3) is 0.556. The van der Waals surface area contributed by atoms with Gasteiger partial charge in [0.2, 0.25) is 0 Å². The van der Waals surface area contributed by atoms with Gasteiger partial charge in [-0.15, -0.1) is 0 Å². The van der Waals surface area contributed by atoms with Crippen LogP contribution in [-0.4, -0.2) is 35.1 Å². The molecule has 5 nitrogen and oxygen atoms in total. The second-order valence-electron chi connectivity index (χ2n) is 3.46. The van der Waals surface area contributed by atoms with Gasteiger partial charge in [0.05, 0.1) is 12.6 Å². The largest absolute Gasteiger partial charge is 0.391 e. The van der Waals surface area contributed by atoms with E-state index >= 15 is 0 Å². The maximum absolute atomic E-state index is 11.3. The van der Waals surface area contributed by atoms with E-state index in [-0.39, 0.29) is 12.1 Å². The van der Waals surface area contributed by atoms with E-state index in [0.717, 1.165) is 0 Å². The zero-order valence-corrected chi connectivity index (χ0v) is 8.64. The van der Waals surface area contributed by atoms with Crippen LogP contribution in [-0.2, 0) is 6.54 Å². The fourth-order valence-electron chi connectivity index (χ4n) is 1.06. The normalized spacial score (nSPS) is 12.6. The van der Waals surface area contributed by atoms with Gasteiger partial charge in [-0.2, -0.15) is 5.10 Å². The minimum Gasteiger partial charge on any atom is -0.391 e. The first-order valence-corrected chi connectivity index (χ1v) is 4.44. The summed E-state index contributed by atoms with van der Waals surface area (Å²) in [6.45, 7) is 1.84. The van der Waals surface area contributed by atoms with Crippen molar-refractivity contribution in [1.29, 1.82) is 0 Å². The first kappa shape index (κ1) is 10.7. The molecule has 0 saturated heterocycles. The molecule has 0 aliphatic rings. The Bertz CT molecular complexity index is 357. The minimum atomic E-state index is -0.572. The van der Waals surface area contributed by atoms with E-state index in [4.69, 9.17) is 5.11 Å². The van der Waals surface area contributed by atoms with Gasteiger partial charge in [0.25, 0.3) is 5.56 Å². The molecule has 0 aliphatic carbocycles. The molecule has 1 atom stereocenters. The van der Waals surface area contributed by atoms with Gasteiger partial charge in [-0.25, -0.2) is 4.68 Å². The number of anilines is 1. The SMILES string of the molecule is CC(O)Cn1nc(N(C)C)ccc1=O. The van der Waals surface area contributed by atoms with E-state index in [1.807, 2.05) is 14.1 Å². The van der Waals surface area contributed by atoms with Crippen molar-refractivity contribution >= 4 is 5.82 Å². The Hall–Kier alpha value is -1.36. The van der Waals surface area contributed by atoms with E-state index in [2.05, 4.69) is 5.10 Å². The summed E-state index contributed by atoms with van der Waals surface area (Å²) in [6.07, 6.45) is -0.572. The molecule has 0 spiro atoms. The highest BCUT2D eigenvalue weighted by Crippen LogP contribution is 2.01. The molecule has 1 unspecified atom stereocenters. The lowest BCUT2D eigenvalue weighted by atomic mass is 10.4. The van der Waals surface area contributed by atoms with Crippen LogP contribution in [0.4, 0.5) is 5.82 Å². The molecule has 0 fully saturated rings. The quantitative estimate of drug-likeness (QED) is 0.722. The molecule has 1 N–H and O–H groups in total. The number of nitrogens with zero attached hydrogens (tertiary/aromatic N) is 3. The van der Waals surface area contributed by atoms with Gasteiger partial charge in [0.15, 0.2) is 0 Å². The first-order chi connectivity index (χ1) is 6.50. The highest BCUT2D eigenvalue weighted by atomic mass is 16.3. The van der Waals surface area contributed by atoms with E-state index in [9.17, 15) is 4.79 Å². The topological polar surface area (TPSA) is 58.4 Å². The third kappa shape index (κ3) is 2.56. The number of hydrogen-bond acceptors (Lipinski definition) is 4. The highest BCUT2D eigenvalue weighted by molar-refractivity contribution is 5.33. The molecule has 14 heavy (non-hydrogen) atoms. The average Bonchev–Trinajstić information content (AvgIpc) is 2.07. The first-order valence-electron chi connectivity index (χ1n) is 4.44. The molecule has 1 aromatic heterocycles. The third-order valence-corrected chi connectivity index (χ3v) is 1.75. The average molecular weight is 197 g/mol. The monoisotopic (exact) mass is 197 g/mol. The summed E-state index contributed by atoms with van der Waals surface area (Å²) in [7, 11) is 3.69. The van der Waals surface area contributed by atoms with Crippen LogP contribution in [0.3, 0.4) is 0 Å². The number of aliphatic hydroxyl groups excluding tert-OH is 1. The van der Waals surface area contributed by atoms with Crippen molar-refractivity contribution in [2.75, 3.05) is 19.0 Å². The third-order valence-electron chi connectivity index (χ3n) is 1.75. The lowest BCUT2D eigenvalue weighted by molar-refractivity contribution is 0.166. The number of hydrogen-bond donors (Lipinski definition) is 1. The molecule has 0 aliphatic heterocycles. The van der Waals surface area contributed by atoms with Crippen LogP contribution in [0.15, 0.2) is 16.9 Å². The van der Waals surface area contributed by atoms with Crippen molar-refractivity contribution in [3.8, 4) is 0 Å². The smallest absolute Gasteiger partial charge is 0.266 e. The van der Waals surface area contributed by atoms with Gasteiger partial charge < -0.3 is 10.0 Å². The van der Waals surface area contributed by atoms with Crippen molar-refractivity contribution in [1.82, 2.24) is 9.78 Å². The van der Waals surface area contributed by atoms with Crippen molar-refractivity contribution < 1.29 is 5.11 Å². The zero-order chi connectivity index (χ0) is 10.7. The second-order valence-corrected chi connectivity index (χ2v) is 3.46. The summed E-state index contributed by atoms with van der Waals surface area (Å²) < 4.78 is 1.26. The van der Waals surface area contributed by atoms with Crippen LogP contribution in [0.1, 0.15) is 6.92 Å². The Morgan fingerprint density at radius 2 is 2.21 bits per heavy atom. The molecule has 5 heteroatoms. The van der Waals surface area contributed by atoms with Gasteiger partial charge in [0, 0.05) is 20.2 Å². The lowest BCUT2D eigenvalue weighted by Gasteiger charge is -2.13. The Balaban J connectivity index is 3.02. The van der Waals surface area contributed by atoms with Crippen LogP contribution >= 0.6 is 0 Å². The number of aliphatic hydroxyl groups is 1. The van der Waals surface area contributed by atoms with Crippen LogP contribution in [0.5, 0.6) is 0 Å². The van der Waals surface area contributed by atoms with Crippen molar-refractivity contribution in [2.45, 2.75) is 19.6 Å². The van der Waals surface area contributed by atoms with E-state index in [0.29, 0.717) is 5.82 Å². The van der Waals surface area contributed by atoms with Crippen molar-refractivity contribution in [3.05, 3.63) is 22.5 Å². The van der Waals surface area contributed by atoms with E-state index in [1.54, 1.807) is 17.9 Å². The Morgan fingerprint density at radius 1 is 1.57 bits per heavy atom. The van der Waals surface area contributed by atoms with E-state index < -0.39 is 6.10 Å². The van der Waals surface area contributed by atoms with Crippen LogP contribution in [0.2, 0.25) is 0 Å². The predicted octanol–water partition coefficient (Wildman–Crippen LogP) is -0.310. The number of rotatable bonds is 3. The van der Waals surface area contributed by atoms with Crippen LogP contribution in [0.25, 0.3) is 0 Å². The highest BCUT2D eigenvalue weighted by Gasteiger charge is 2.04. The Labute approximate surface area is 82.6 Å². The van der Waals surface area contributed by atoms with Crippen molar-refractivity contribution in [3.63, 3.8) is 0 Å². The minimum absolute atomic E-state index is 0.198. The Morgan fingerprint density at radius 3 is 2.71 bits per heavy atom. The standard InChI is InChI=1S/C9H15N3O2/c1-7(13)6-12-9(14)5-4-8(10-12)11(2)3/h4-5,7,13H,6H2,1-3H3. The molecule has 0 radical (unpaired) electrons. The summed E-state index contributed by atoms with van der Waals surface area (Å²) in [5.41, 5.74) is -0.198. The second kappa shape index (κ2) is 4.23. The molecule has 78 valence electrons. The number of aromatic nitrogens is 2. The van der Waals surface area contributed by atoms with Gasteiger partial charge in [-0.05, 0) is 13.0 Å². The molecular formula is C9H15N3O2. The van der Waals surface area contributed by atoms with Gasteiger partial charge in [-0.3, -0.25) is 4.79 Å². The molecule has 0 amide bonds. The lowest BCUT2D eigenvalue weighted by Crippen LogP contribution is -2.28. The van der Waals surface area contributed by atoms with Gasteiger partial charge >= 0.3 is 0 Å². The molecule has 1 heterocycles. The summed E-state index contributed by atoms with van der Waals surface area (Å²) in [5.74, 6) is 0.699. The van der Waals surface area contributed by atoms with Crippen molar-refractivity contribution in [2.24, 2.45) is 0 Å². The van der Waals surface area contributed by atoms with E-state index in [1.165, 1.54) is 10.7 Å². The maximum Gasteiger partial charge on any atom is 0.266 e. The van der Waals surface area contributed by atoms with Crippen LogP contribution < -0.4 is 10.5 Å². The molecule has 1 rings (SSSR count). The molecule has 0 saturated carbocycles. The predicted molar refractivity (Wildman–Crippen MR) is 54.5 cm³/mol. The van der Waals surface area contributed by atoms with Gasteiger partial charge in [-0.1, -0.05) is 0 Å². The molecular weight excluding hydrogens is 182 g/mol. The molecule has 1 aromatic rings. The molecule has 0 bridgehead atoms. The van der Waals surface area contributed by atoms with Gasteiger partial charge in [0.1, 0.15) is 5.82 Å². The summed E-state index contributed by atoms with van der Waals surface area (Å²) in [6, 6.07) is 3.10. The summed E-state index contributed by atoms with van der Waals surface area (Å²) in [5, 5.41) is 13.2.